The number of benzene rings is 1. The third kappa shape index (κ3) is 4.22. The summed E-state index contributed by atoms with van der Waals surface area (Å²) < 4.78 is 7.49. The number of nitrogens with zero attached hydrogens (tertiary/aromatic N) is 2. The van der Waals surface area contributed by atoms with Gasteiger partial charge in [-0.3, -0.25) is 4.79 Å². The smallest absolute Gasteiger partial charge is 0.150 e. The molecule has 28 heavy (non-hydrogen) atoms. The quantitative estimate of drug-likeness (QED) is 0.416. The van der Waals surface area contributed by atoms with Crippen LogP contribution in [-0.2, 0) is 0 Å². The highest BCUT2D eigenvalue weighted by Crippen LogP contribution is 2.33. The average molecular weight is 379 g/mol. The molecule has 2 aromatic heterocycles. The third-order valence-electron chi connectivity index (χ3n) is 5.20. The summed E-state index contributed by atoms with van der Waals surface area (Å²) in [5.41, 5.74) is 5.26. The molecule has 0 spiro atoms. The summed E-state index contributed by atoms with van der Waals surface area (Å²) in [6.07, 6.45) is 7.57. The molecular weight excluding hydrogens is 348 g/mol. The number of hydrogen-bond acceptors (Lipinski definition) is 3. The Bertz CT molecular complexity index is 904. The second kappa shape index (κ2) is 9.45. The molecule has 3 rings (SSSR count). The number of carbonyl (C=O) groups is 1. The maximum Gasteiger partial charge on any atom is 0.150 e. The first-order valence-electron chi connectivity index (χ1n) is 10.2. The number of pyridine rings is 1. The van der Waals surface area contributed by atoms with E-state index >= 15 is 0 Å². The van der Waals surface area contributed by atoms with Crippen LogP contribution in [-0.4, -0.2) is 30.9 Å². The van der Waals surface area contributed by atoms with Crippen LogP contribution < -0.4 is 9.64 Å². The second-order valence-electron chi connectivity index (χ2n) is 7.17. The van der Waals surface area contributed by atoms with Crippen molar-refractivity contribution in [2.24, 2.45) is 0 Å². The van der Waals surface area contributed by atoms with Gasteiger partial charge in [0.15, 0.2) is 0 Å². The highest BCUT2D eigenvalue weighted by Gasteiger charge is 2.16. The van der Waals surface area contributed by atoms with Gasteiger partial charge in [-0.05, 0) is 60.9 Å². The highest BCUT2D eigenvalue weighted by molar-refractivity contribution is 5.87. The fourth-order valence-electron chi connectivity index (χ4n) is 3.56. The number of anilines is 1. The Kier molecular flexibility index (Phi) is 6.75. The molecule has 0 saturated heterocycles. The summed E-state index contributed by atoms with van der Waals surface area (Å²) in [6, 6.07) is 14.3. The fourth-order valence-corrected chi connectivity index (χ4v) is 3.56. The lowest BCUT2D eigenvalue weighted by atomic mass is 10.1. The maximum absolute atomic E-state index is 11.4. The molecule has 148 valence electrons. The van der Waals surface area contributed by atoms with Crippen molar-refractivity contribution in [3.63, 3.8) is 0 Å². The van der Waals surface area contributed by atoms with Gasteiger partial charge in [0.05, 0.1) is 24.0 Å². The molecule has 0 N–H and O–H groups in total. The minimum Gasteiger partial charge on any atom is -0.497 e. The summed E-state index contributed by atoms with van der Waals surface area (Å²) in [5, 5.41) is 0. The second-order valence-corrected chi connectivity index (χ2v) is 7.17. The van der Waals surface area contributed by atoms with Gasteiger partial charge in [0.1, 0.15) is 12.0 Å². The lowest BCUT2D eigenvalue weighted by molar-refractivity contribution is 0.112. The number of aldehydes is 1. The van der Waals surface area contributed by atoms with E-state index < -0.39 is 0 Å². The predicted molar refractivity (Wildman–Crippen MR) is 117 cm³/mol. The van der Waals surface area contributed by atoms with E-state index in [0.717, 1.165) is 54.7 Å². The summed E-state index contributed by atoms with van der Waals surface area (Å²) >= 11 is 0. The average Bonchev–Trinajstić information content (AvgIpc) is 3.12. The Morgan fingerprint density at radius 1 is 1.00 bits per heavy atom. The van der Waals surface area contributed by atoms with E-state index in [1.165, 1.54) is 18.5 Å². The molecular formula is C24H30N2O2. The Morgan fingerprint density at radius 2 is 1.68 bits per heavy atom. The topological polar surface area (TPSA) is 34.0 Å². The Labute approximate surface area is 167 Å². The van der Waals surface area contributed by atoms with Crippen molar-refractivity contribution in [1.82, 2.24) is 4.40 Å². The Balaban J connectivity index is 2.12. The molecule has 0 atom stereocenters. The summed E-state index contributed by atoms with van der Waals surface area (Å²) in [5.74, 6) is 0.848. The molecule has 3 aromatic rings. The monoisotopic (exact) mass is 378 g/mol. The normalized spacial score (nSPS) is 11.0. The van der Waals surface area contributed by atoms with Gasteiger partial charge in [0, 0.05) is 24.8 Å². The number of rotatable bonds is 10. The predicted octanol–water partition coefficient (Wildman–Crippen LogP) is 5.83. The van der Waals surface area contributed by atoms with Crippen molar-refractivity contribution in [3.05, 3.63) is 54.2 Å². The van der Waals surface area contributed by atoms with Gasteiger partial charge in [-0.2, -0.15) is 0 Å². The van der Waals surface area contributed by atoms with Gasteiger partial charge in [-0.1, -0.05) is 26.7 Å². The van der Waals surface area contributed by atoms with Crippen LogP contribution in [0.2, 0.25) is 0 Å². The lowest BCUT2D eigenvalue weighted by Crippen LogP contribution is -2.25. The van der Waals surface area contributed by atoms with Crippen molar-refractivity contribution < 1.29 is 9.53 Å². The van der Waals surface area contributed by atoms with Crippen LogP contribution >= 0.6 is 0 Å². The Morgan fingerprint density at radius 3 is 2.25 bits per heavy atom. The van der Waals surface area contributed by atoms with Crippen LogP contribution in [0.25, 0.3) is 16.8 Å². The lowest BCUT2D eigenvalue weighted by Gasteiger charge is -2.24. The molecule has 4 heteroatoms. The van der Waals surface area contributed by atoms with Crippen molar-refractivity contribution in [2.75, 3.05) is 25.1 Å². The zero-order chi connectivity index (χ0) is 19.9. The first-order valence-corrected chi connectivity index (χ1v) is 10.2. The van der Waals surface area contributed by atoms with Crippen molar-refractivity contribution >= 4 is 17.5 Å². The summed E-state index contributed by atoms with van der Waals surface area (Å²) in [4.78, 5) is 13.9. The molecule has 0 unspecified atom stereocenters. The largest absolute Gasteiger partial charge is 0.497 e. The molecule has 0 radical (unpaired) electrons. The van der Waals surface area contributed by atoms with Gasteiger partial charge < -0.3 is 14.0 Å². The van der Waals surface area contributed by atoms with Crippen LogP contribution in [0.3, 0.4) is 0 Å². The van der Waals surface area contributed by atoms with Gasteiger partial charge in [0.25, 0.3) is 0 Å². The highest BCUT2D eigenvalue weighted by atomic mass is 16.5. The molecule has 0 aliphatic carbocycles. The first-order chi connectivity index (χ1) is 13.7. The van der Waals surface area contributed by atoms with Crippen molar-refractivity contribution in [1.29, 1.82) is 0 Å². The van der Waals surface area contributed by atoms with Crippen LogP contribution in [0.5, 0.6) is 5.75 Å². The van der Waals surface area contributed by atoms with E-state index in [0.29, 0.717) is 5.56 Å². The molecule has 0 saturated carbocycles. The van der Waals surface area contributed by atoms with Crippen LogP contribution in [0.15, 0.2) is 48.7 Å². The zero-order valence-electron chi connectivity index (χ0n) is 17.1. The van der Waals surface area contributed by atoms with E-state index in [9.17, 15) is 4.79 Å². The minimum absolute atomic E-state index is 0.707. The van der Waals surface area contributed by atoms with Crippen LogP contribution in [0.1, 0.15) is 49.9 Å². The number of hydrogen-bond donors (Lipinski definition) is 0. The molecule has 0 amide bonds. The molecule has 2 heterocycles. The number of carbonyl (C=O) groups excluding carboxylic acids is 1. The fraction of sp³-hybridized carbons (Fsp3) is 0.375. The first kappa shape index (κ1) is 20.0. The number of fused-ring (bicyclic) bond motifs is 1. The van der Waals surface area contributed by atoms with Gasteiger partial charge in [-0.25, -0.2) is 0 Å². The van der Waals surface area contributed by atoms with Gasteiger partial charge in [0.2, 0.25) is 0 Å². The van der Waals surface area contributed by atoms with E-state index in [4.69, 9.17) is 4.74 Å². The molecule has 0 aliphatic rings. The van der Waals surface area contributed by atoms with E-state index in [1.807, 2.05) is 30.5 Å². The standard InChI is InChI=1S/C24H30N2O2/c1-4-6-13-25(14-7-5-2)23-17-22(20-8-10-21(28-3)11-9-20)26-15-12-19(18-27)16-24(23)26/h8-12,15-18H,4-7,13-14H2,1-3H3. The number of aromatic nitrogens is 1. The Hall–Kier alpha value is -2.75. The molecule has 0 bridgehead atoms. The summed E-state index contributed by atoms with van der Waals surface area (Å²) in [6.45, 7) is 6.51. The number of unbranched alkanes of at least 4 members (excludes halogenated alkanes) is 2. The van der Waals surface area contributed by atoms with Crippen LogP contribution in [0, 0.1) is 0 Å². The molecule has 1 aromatic carbocycles. The van der Waals surface area contributed by atoms with Gasteiger partial charge >= 0.3 is 0 Å². The maximum atomic E-state index is 11.4. The van der Waals surface area contributed by atoms with Crippen molar-refractivity contribution in [3.8, 4) is 17.0 Å². The summed E-state index contributed by atoms with van der Waals surface area (Å²) in [7, 11) is 1.68. The minimum atomic E-state index is 0.707. The number of ether oxygens (including phenoxy) is 1. The van der Waals surface area contributed by atoms with E-state index in [2.05, 4.69) is 41.3 Å². The van der Waals surface area contributed by atoms with Gasteiger partial charge in [-0.15, -0.1) is 0 Å². The SMILES string of the molecule is CCCCN(CCCC)c1cc(-c2ccc(OC)cc2)n2ccc(C=O)cc12. The van der Waals surface area contributed by atoms with Crippen molar-refractivity contribution in [2.45, 2.75) is 39.5 Å². The van der Waals surface area contributed by atoms with E-state index in [1.54, 1.807) is 7.11 Å². The van der Waals surface area contributed by atoms with E-state index in [-0.39, 0.29) is 0 Å². The molecule has 0 aliphatic heterocycles. The number of methoxy groups -OCH3 is 1. The molecule has 0 fully saturated rings. The zero-order valence-corrected chi connectivity index (χ0v) is 17.1. The van der Waals surface area contributed by atoms with Crippen LogP contribution in [0.4, 0.5) is 5.69 Å². The molecule has 4 nitrogen and oxygen atoms in total. The third-order valence-corrected chi connectivity index (χ3v) is 5.20.